The van der Waals surface area contributed by atoms with Gasteiger partial charge in [-0.05, 0) is 223 Å². The van der Waals surface area contributed by atoms with E-state index in [1.165, 1.54) is 24.3 Å². The molecule has 8 aromatic carbocycles. The van der Waals surface area contributed by atoms with E-state index in [0.29, 0.717) is 63.7 Å². The quantitative estimate of drug-likeness (QED) is 0.0125. The van der Waals surface area contributed by atoms with Gasteiger partial charge in [0, 0.05) is 41.4 Å². The van der Waals surface area contributed by atoms with E-state index in [2.05, 4.69) is 26.0 Å². The van der Waals surface area contributed by atoms with Crippen LogP contribution < -0.4 is 30.7 Å². The highest BCUT2D eigenvalue weighted by molar-refractivity contribution is 7.92. The van der Waals surface area contributed by atoms with Crippen molar-refractivity contribution in [2.45, 2.75) is 179 Å². The molecule has 0 saturated heterocycles. The van der Waals surface area contributed by atoms with Gasteiger partial charge in [0.2, 0.25) is 0 Å². The van der Waals surface area contributed by atoms with Crippen molar-refractivity contribution >= 4 is 131 Å². The minimum atomic E-state index is -3.83. The Labute approximate surface area is 711 Å². The van der Waals surface area contributed by atoms with Crippen LogP contribution in [-0.2, 0) is 98.2 Å². The molecule has 0 amide bonds. The molecule has 0 saturated carbocycles. The summed E-state index contributed by atoms with van der Waals surface area (Å²) in [5.41, 5.74) is 8.02. The second kappa shape index (κ2) is 46.5. The van der Waals surface area contributed by atoms with Gasteiger partial charge in [-0.3, -0.25) is 54.8 Å². The molecular weight excluding hydrogens is 1630 g/mol. The zero-order chi connectivity index (χ0) is 86.5. The molecule has 0 bridgehead atoms. The lowest BCUT2D eigenvalue weighted by atomic mass is 9.98. The summed E-state index contributed by atoms with van der Waals surface area (Å²) in [6.45, 7) is 15.3. The lowest BCUT2D eigenvalue weighted by Crippen LogP contribution is -2.52. The fourth-order valence-corrected chi connectivity index (χ4v) is 16.0. The minimum Gasteiger partial charge on any atom is -0.489 e. The average Bonchev–Trinajstić information content (AvgIpc) is 1.26. The smallest absolute Gasteiger partial charge is 0.330 e. The topological polar surface area (TPSA) is 371 Å². The van der Waals surface area contributed by atoms with Crippen LogP contribution in [0.5, 0.6) is 5.75 Å². The molecule has 630 valence electrons. The minimum absolute atomic E-state index is 0.0479. The fourth-order valence-electron chi connectivity index (χ4n) is 13.0. The number of carbonyl (C=O) groups is 8. The van der Waals surface area contributed by atoms with Crippen molar-refractivity contribution in [3.8, 4) is 5.75 Å². The highest BCUT2D eigenvalue weighted by Gasteiger charge is 2.35. The third kappa shape index (κ3) is 32.5. The van der Waals surface area contributed by atoms with Crippen molar-refractivity contribution in [2.75, 3.05) is 4.72 Å². The number of halogens is 4. The summed E-state index contributed by atoms with van der Waals surface area (Å²) in [6.07, 6.45) is 2.50. The standard InChI is InChI=1S/C43H50ClN3O9S.C24H26ClNO5S.C22H25Cl2NO4/c1-27(2)20-38(45-36(40(48)49)25-29-16-18-34(19-17-29)47-57(54,55)35-14-6-5-7-15-35)42(52)56-43(53)39(21-28(3)4)46-37(41(50)51)26-32-11-8-10-30(23-32)22-31-12-9-13-33(44)24-31;1-14(2)8-20(23(27)28)26-21(24(29)30)10-15-4-3-5-18(9-15)31-12-16-13-32-22-7-6-17(25)11-19(16)22;1-13(2)6-19(21(26)27)25-20(22(28)29)11-15-5-3-4-14(7-15)8-16-9-17(23)12-18(24)10-16/h5-19,23-24,27-28,36-39,45-47H,20-22,25-26H2,1-4H3,(H,48,49)(H,50,51);3-7,9,11,13-14,20-21,26H,8,10,12H2,1-2H3,(H,27,28)(H,29,30);3-5,7,9-10,12-13,19-20,25H,6,8,11H2,1-2H3,(H,26,27)(H,28,29). The number of aliphatic carboxylic acids is 6. The van der Waals surface area contributed by atoms with Crippen LogP contribution in [0.3, 0.4) is 0 Å². The van der Waals surface area contributed by atoms with Crippen molar-refractivity contribution < 1.29 is 86.9 Å². The summed E-state index contributed by atoms with van der Waals surface area (Å²) in [5.74, 6) is -7.97. The van der Waals surface area contributed by atoms with Crippen molar-refractivity contribution in [2.24, 2.45) is 23.7 Å². The first-order valence-corrected chi connectivity index (χ1v) is 42.3. The van der Waals surface area contributed by atoms with Crippen LogP contribution in [0.2, 0.25) is 20.1 Å². The van der Waals surface area contributed by atoms with Crippen LogP contribution in [0.25, 0.3) is 10.1 Å². The molecule has 118 heavy (non-hydrogen) atoms. The predicted octanol–water partition coefficient (Wildman–Crippen LogP) is 16.4. The highest BCUT2D eigenvalue weighted by Crippen LogP contribution is 2.31. The zero-order valence-electron chi connectivity index (χ0n) is 66.6. The van der Waals surface area contributed by atoms with E-state index in [4.69, 9.17) is 55.9 Å². The van der Waals surface area contributed by atoms with E-state index >= 15 is 0 Å². The maximum absolute atomic E-state index is 13.6. The van der Waals surface area contributed by atoms with E-state index in [9.17, 15) is 77.4 Å². The number of hydrogen-bond donors (Lipinski definition) is 11. The number of carbonyl (C=O) groups excluding carboxylic acids is 2. The second-order valence-corrected chi connectivity index (χ2v) is 34.9. The molecule has 0 aliphatic heterocycles. The van der Waals surface area contributed by atoms with Crippen molar-refractivity contribution in [1.29, 1.82) is 0 Å². The van der Waals surface area contributed by atoms with Gasteiger partial charge in [0.15, 0.2) is 0 Å². The van der Waals surface area contributed by atoms with Crippen LogP contribution in [0.15, 0.2) is 198 Å². The number of hydrogen-bond acceptors (Lipinski definition) is 17. The molecule has 0 radical (unpaired) electrons. The average molecular weight is 1730 g/mol. The van der Waals surface area contributed by atoms with Crippen LogP contribution in [0, 0.1) is 23.7 Å². The first-order chi connectivity index (χ1) is 55.8. The maximum Gasteiger partial charge on any atom is 0.330 e. The number of rotatable bonds is 42. The number of carboxylic acids is 6. The first kappa shape index (κ1) is 95.4. The van der Waals surface area contributed by atoms with Gasteiger partial charge in [0.1, 0.15) is 60.7 Å². The predicted molar refractivity (Wildman–Crippen MR) is 460 cm³/mol. The van der Waals surface area contributed by atoms with Crippen LogP contribution in [0.4, 0.5) is 5.69 Å². The number of sulfonamides is 1. The van der Waals surface area contributed by atoms with Crippen LogP contribution >= 0.6 is 57.7 Å². The van der Waals surface area contributed by atoms with Gasteiger partial charge in [-0.25, -0.2) is 18.0 Å². The number of nitrogens with one attached hydrogen (secondary N) is 5. The van der Waals surface area contributed by atoms with Crippen molar-refractivity contribution in [1.82, 2.24) is 21.3 Å². The van der Waals surface area contributed by atoms with Gasteiger partial charge >= 0.3 is 47.8 Å². The molecule has 8 atom stereocenters. The third-order valence-corrected chi connectivity index (χ3v) is 21.9. The Bertz CT molecular complexity index is 4970. The summed E-state index contributed by atoms with van der Waals surface area (Å²) in [7, 11) is -3.83. The maximum atomic E-state index is 13.6. The SMILES string of the molecule is CC(C)CC(NC(Cc1ccc(NS(=O)(=O)c2ccccc2)cc1)C(=O)O)C(=O)OC(=O)C(CC(C)C)NC(Cc1cccc(Cc2cccc(Cl)c2)c1)C(=O)O.CC(C)CC(NC(Cc1cccc(Cc2cc(Cl)cc(Cl)c2)c1)C(=O)O)C(=O)O.CC(C)CC(NC(Cc1cccc(OCc2csc3ccc(Cl)cc23)c1)C(=O)O)C(=O)O. The fraction of sp³-hybridized carbons (Fsp3) is 0.348. The number of ether oxygens (including phenoxy) is 2. The van der Waals surface area contributed by atoms with E-state index in [1.807, 2.05) is 164 Å². The van der Waals surface area contributed by atoms with Crippen LogP contribution in [0.1, 0.15) is 131 Å². The van der Waals surface area contributed by atoms with Gasteiger partial charge in [-0.2, -0.15) is 0 Å². The Kier molecular flexibility index (Phi) is 37.6. The molecule has 23 nitrogen and oxygen atoms in total. The highest BCUT2D eigenvalue weighted by atomic mass is 35.5. The summed E-state index contributed by atoms with van der Waals surface area (Å²) < 4.78 is 40.4. The Hall–Kier alpha value is -9.77. The van der Waals surface area contributed by atoms with Gasteiger partial charge in [-0.15, -0.1) is 11.3 Å². The molecule has 0 spiro atoms. The first-order valence-electron chi connectivity index (χ1n) is 38.4. The number of fused-ring (bicyclic) bond motifs is 1. The molecule has 0 fully saturated rings. The Morgan fingerprint density at radius 1 is 0.373 bits per heavy atom. The van der Waals surface area contributed by atoms with Crippen LogP contribution in [-0.4, -0.2) is 135 Å². The van der Waals surface area contributed by atoms with Crippen molar-refractivity contribution in [3.05, 3.63) is 264 Å². The lowest BCUT2D eigenvalue weighted by molar-refractivity contribution is -0.164. The molecule has 29 heteroatoms. The summed E-state index contributed by atoms with van der Waals surface area (Å²) in [5, 5.41) is 75.2. The molecule has 11 N–H and O–H groups in total. The molecule has 9 aromatic rings. The zero-order valence-corrected chi connectivity index (χ0v) is 71.2. The number of anilines is 1. The number of esters is 2. The number of carboxylic acid groups (broad SMARTS) is 6. The molecule has 8 unspecified atom stereocenters. The van der Waals surface area contributed by atoms with Gasteiger partial charge in [0.25, 0.3) is 10.0 Å². The summed E-state index contributed by atoms with van der Waals surface area (Å²) >= 11 is 26.0. The Morgan fingerprint density at radius 2 is 0.754 bits per heavy atom. The number of thiophene rings is 1. The van der Waals surface area contributed by atoms with E-state index < -0.39 is 106 Å². The number of benzene rings is 8. The van der Waals surface area contributed by atoms with Crippen molar-refractivity contribution in [3.63, 3.8) is 0 Å². The molecule has 1 heterocycles. The van der Waals surface area contributed by atoms with Gasteiger partial charge < -0.3 is 40.1 Å². The molecular formula is C89H101Cl4N5O18S2. The third-order valence-electron chi connectivity index (χ3n) is 18.5. The molecule has 0 aliphatic carbocycles. The normalized spacial score (nSPS) is 13.5. The largest absolute Gasteiger partial charge is 0.489 e. The second-order valence-electron chi connectivity index (χ2n) is 30.5. The summed E-state index contributed by atoms with van der Waals surface area (Å²) in [6, 6.07) is 46.2. The van der Waals surface area contributed by atoms with E-state index in [1.54, 1.807) is 72.0 Å². The van der Waals surface area contributed by atoms with Gasteiger partial charge in [-0.1, -0.05) is 205 Å². The summed E-state index contributed by atoms with van der Waals surface area (Å²) in [4.78, 5) is 98.7. The lowest BCUT2D eigenvalue weighted by Gasteiger charge is -2.26. The van der Waals surface area contributed by atoms with E-state index in [0.717, 1.165) is 54.6 Å². The van der Waals surface area contributed by atoms with E-state index in [-0.39, 0.29) is 72.8 Å². The Morgan fingerprint density at radius 3 is 1.20 bits per heavy atom. The molecule has 0 aliphatic rings. The monoisotopic (exact) mass is 1730 g/mol. The van der Waals surface area contributed by atoms with Gasteiger partial charge in [0.05, 0.1) is 4.90 Å². The Balaban J connectivity index is 0.000000266. The molecule has 1 aromatic heterocycles. The molecule has 9 rings (SSSR count).